The first-order valence-corrected chi connectivity index (χ1v) is 10.5. The molecule has 0 fully saturated rings. The van der Waals surface area contributed by atoms with Crippen molar-refractivity contribution in [3.63, 3.8) is 0 Å². The molecule has 5 rings (SSSR count). The number of rotatable bonds is 3. The number of fused-ring (bicyclic) bond motifs is 3. The van der Waals surface area contributed by atoms with Crippen LogP contribution >= 0.6 is 0 Å². The molecule has 1 aromatic heterocycles. The van der Waals surface area contributed by atoms with Gasteiger partial charge in [-0.15, -0.1) is 0 Å². The van der Waals surface area contributed by atoms with Crippen molar-refractivity contribution in [2.75, 3.05) is 6.61 Å². The molecule has 0 radical (unpaired) electrons. The Morgan fingerprint density at radius 1 is 1.33 bits per heavy atom. The van der Waals surface area contributed by atoms with Gasteiger partial charge in [-0.1, -0.05) is 6.07 Å². The van der Waals surface area contributed by atoms with E-state index in [1.807, 2.05) is 0 Å². The van der Waals surface area contributed by atoms with Crippen molar-refractivity contribution in [3.8, 4) is 5.88 Å². The van der Waals surface area contributed by atoms with Crippen LogP contribution in [0.2, 0.25) is 0 Å². The van der Waals surface area contributed by atoms with Gasteiger partial charge in [0.1, 0.15) is 0 Å². The Hall–Kier alpha value is -2.48. The van der Waals surface area contributed by atoms with Crippen LogP contribution in [0.5, 0.6) is 5.88 Å². The highest BCUT2D eigenvalue weighted by molar-refractivity contribution is 7.89. The molecule has 2 atom stereocenters. The molecule has 2 heterocycles. The molecule has 140 valence electrons. The van der Waals surface area contributed by atoms with Gasteiger partial charge < -0.3 is 4.74 Å². The highest BCUT2D eigenvalue weighted by atomic mass is 32.2. The predicted molar refractivity (Wildman–Crippen MR) is 95.3 cm³/mol. The van der Waals surface area contributed by atoms with E-state index in [1.54, 1.807) is 10.8 Å². The second-order valence-corrected chi connectivity index (χ2v) is 8.94. The molecule has 3 aliphatic rings. The third-order valence-electron chi connectivity index (χ3n) is 5.94. The number of ether oxygens (including phenoxy) is 1. The normalized spacial score (nSPS) is 22.7. The van der Waals surface area contributed by atoms with E-state index in [-0.39, 0.29) is 22.6 Å². The Morgan fingerprint density at radius 3 is 2.96 bits per heavy atom. The molecule has 0 saturated heterocycles. The second-order valence-electron chi connectivity index (χ2n) is 7.42. The first-order chi connectivity index (χ1) is 13.0. The summed E-state index contributed by atoms with van der Waals surface area (Å²) < 4.78 is 30.6. The second kappa shape index (κ2) is 5.76. The van der Waals surface area contributed by atoms with Gasteiger partial charge in [0, 0.05) is 5.92 Å². The lowest BCUT2D eigenvalue weighted by molar-refractivity contribution is 0.133. The number of nitrogens with zero attached hydrogens (tertiary/aromatic N) is 3. The maximum absolute atomic E-state index is 11.6. The lowest BCUT2D eigenvalue weighted by atomic mass is 9.68. The number of sulfonamides is 1. The van der Waals surface area contributed by atoms with Crippen LogP contribution in [0.25, 0.3) is 0 Å². The van der Waals surface area contributed by atoms with Gasteiger partial charge in [-0.25, -0.2) is 23.0 Å². The van der Waals surface area contributed by atoms with Crippen LogP contribution in [0.3, 0.4) is 0 Å². The van der Waals surface area contributed by atoms with E-state index in [9.17, 15) is 13.2 Å². The molecule has 0 saturated carbocycles. The Labute approximate surface area is 156 Å². The van der Waals surface area contributed by atoms with E-state index in [0.717, 1.165) is 36.9 Å². The molecular formula is C18H18N4O4S. The molecule has 2 N–H and O–H groups in total. The average molecular weight is 386 g/mol. The zero-order chi connectivity index (χ0) is 18.8. The number of isocyanates is 1. The maximum atomic E-state index is 11.6. The van der Waals surface area contributed by atoms with Crippen molar-refractivity contribution in [2.24, 2.45) is 16.0 Å². The molecule has 0 spiro atoms. The van der Waals surface area contributed by atoms with Crippen molar-refractivity contribution in [1.29, 1.82) is 0 Å². The summed E-state index contributed by atoms with van der Waals surface area (Å²) in [7, 11) is -3.87. The van der Waals surface area contributed by atoms with Crippen LogP contribution in [-0.4, -0.2) is 30.9 Å². The quantitative estimate of drug-likeness (QED) is 0.631. The molecule has 0 bridgehead atoms. The molecule has 0 amide bonds. The maximum Gasteiger partial charge on any atom is 0.245 e. The van der Waals surface area contributed by atoms with E-state index >= 15 is 0 Å². The predicted octanol–water partition coefficient (Wildman–Crippen LogP) is 1.33. The first-order valence-electron chi connectivity index (χ1n) is 8.94. The van der Waals surface area contributed by atoms with Crippen molar-refractivity contribution in [3.05, 3.63) is 34.5 Å². The van der Waals surface area contributed by atoms with Crippen LogP contribution in [0.4, 0.5) is 5.69 Å². The summed E-state index contributed by atoms with van der Waals surface area (Å²) in [5.74, 6) is 0.528. The number of carbonyl (C=O) groups excluding carboxylic acids is 1. The fourth-order valence-corrected chi connectivity index (χ4v) is 5.30. The molecule has 2 unspecified atom stereocenters. The highest BCUT2D eigenvalue weighted by Gasteiger charge is 2.41. The minimum Gasteiger partial charge on any atom is -0.476 e. The fourth-order valence-electron chi connectivity index (χ4n) is 4.70. The minimum absolute atomic E-state index is 0.0842. The number of aryl methyl sites for hydroxylation is 1. The third-order valence-corrected chi connectivity index (χ3v) is 6.83. The summed E-state index contributed by atoms with van der Waals surface area (Å²) >= 11 is 0. The van der Waals surface area contributed by atoms with Gasteiger partial charge in [0.15, 0.2) is 4.90 Å². The zero-order valence-corrected chi connectivity index (χ0v) is 15.3. The van der Waals surface area contributed by atoms with Gasteiger partial charge in [-0.05, 0) is 53.9 Å². The van der Waals surface area contributed by atoms with E-state index in [0.29, 0.717) is 13.2 Å². The third kappa shape index (κ3) is 2.46. The van der Waals surface area contributed by atoms with Gasteiger partial charge in [0.05, 0.1) is 25.0 Å². The number of aromatic nitrogens is 2. The summed E-state index contributed by atoms with van der Waals surface area (Å²) in [5.41, 5.74) is 5.63. The zero-order valence-electron chi connectivity index (χ0n) is 14.5. The Balaban J connectivity index is 1.49. The molecule has 9 heteroatoms. The topological polar surface area (TPSA) is 117 Å². The number of primary sulfonamides is 1. The SMILES string of the molecule is NS(=O)(=O)c1cnn2c1OCC(C1Cc3cc4c(c(N=C=O)c31)CCC4)C2. The van der Waals surface area contributed by atoms with Crippen molar-refractivity contribution < 1.29 is 17.9 Å². The van der Waals surface area contributed by atoms with Crippen LogP contribution in [0.15, 0.2) is 22.2 Å². The van der Waals surface area contributed by atoms with E-state index in [1.165, 1.54) is 22.9 Å². The minimum atomic E-state index is -3.87. The number of aliphatic imine (C=N–C) groups is 1. The van der Waals surface area contributed by atoms with Gasteiger partial charge in [0.25, 0.3) is 0 Å². The summed E-state index contributed by atoms with van der Waals surface area (Å²) in [6.07, 6.45) is 6.92. The molecule has 1 aromatic carbocycles. The van der Waals surface area contributed by atoms with Gasteiger partial charge in [-0.2, -0.15) is 10.1 Å². The van der Waals surface area contributed by atoms with Crippen LogP contribution in [0.1, 0.15) is 34.6 Å². The molecule has 27 heavy (non-hydrogen) atoms. The van der Waals surface area contributed by atoms with Crippen molar-refractivity contribution in [2.45, 2.75) is 43.0 Å². The summed E-state index contributed by atoms with van der Waals surface area (Å²) in [6, 6.07) is 2.25. The summed E-state index contributed by atoms with van der Waals surface area (Å²) in [6.45, 7) is 0.913. The van der Waals surface area contributed by atoms with Crippen molar-refractivity contribution >= 4 is 21.8 Å². The van der Waals surface area contributed by atoms with Gasteiger partial charge in [-0.3, -0.25) is 0 Å². The number of hydrogen-bond acceptors (Lipinski definition) is 6. The van der Waals surface area contributed by atoms with Crippen molar-refractivity contribution in [1.82, 2.24) is 9.78 Å². The van der Waals surface area contributed by atoms with Crippen LogP contribution < -0.4 is 9.88 Å². The number of benzene rings is 1. The number of nitrogens with two attached hydrogens (primary N) is 1. The highest BCUT2D eigenvalue weighted by Crippen LogP contribution is 2.51. The van der Waals surface area contributed by atoms with Gasteiger partial charge in [0.2, 0.25) is 22.0 Å². The van der Waals surface area contributed by atoms with Crippen LogP contribution in [-0.2, 0) is 40.6 Å². The Morgan fingerprint density at radius 2 is 2.19 bits per heavy atom. The lowest BCUT2D eigenvalue weighted by Gasteiger charge is -2.39. The summed E-state index contributed by atoms with van der Waals surface area (Å²) in [5, 5.41) is 9.35. The number of hydrogen-bond donors (Lipinski definition) is 1. The van der Waals surface area contributed by atoms with E-state index in [2.05, 4.69) is 16.2 Å². The molecule has 2 aromatic rings. The molecule has 2 aliphatic carbocycles. The van der Waals surface area contributed by atoms with Crippen LogP contribution in [0, 0.1) is 5.92 Å². The smallest absolute Gasteiger partial charge is 0.245 e. The van der Waals surface area contributed by atoms with E-state index in [4.69, 9.17) is 9.88 Å². The molecule has 1 aliphatic heterocycles. The molecule has 8 nitrogen and oxygen atoms in total. The average Bonchev–Trinajstić information content (AvgIpc) is 3.23. The lowest BCUT2D eigenvalue weighted by Crippen LogP contribution is -2.36. The first kappa shape index (κ1) is 16.7. The monoisotopic (exact) mass is 386 g/mol. The standard InChI is InChI=1S/C18H18N4O4S/c19-27(24,25)15-6-21-22-7-12(8-26-18(15)22)14-5-11-4-10-2-1-3-13(10)17(16(11)14)20-9-23/h4,6,12,14H,1-3,5,7-8H2,(H2,19,24,25). The van der Waals surface area contributed by atoms with E-state index < -0.39 is 10.0 Å². The Kier molecular flexibility index (Phi) is 3.56. The fraction of sp³-hybridized carbons (Fsp3) is 0.444. The van der Waals surface area contributed by atoms with Gasteiger partial charge >= 0.3 is 0 Å². The Bertz CT molecular complexity index is 1110. The largest absolute Gasteiger partial charge is 0.476 e. The molecular weight excluding hydrogens is 368 g/mol. The summed E-state index contributed by atoms with van der Waals surface area (Å²) in [4.78, 5) is 15.0.